The van der Waals surface area contributed by atoms with Crippen molar-refractivity contribution in [1.82, 2.24) is 5.32 Å². The van der Waals surface area contributed by atoms with Gasteiger partial charge in [-0.2, -0.15) is 0 Å². The van der Waals surface area contributed by atoms with Crippen LogP contribution in [0.5, 0.6) is 0 Å². The van der Waals surface area contributed by atoms with Crippen LogP contribution in [-0.4, -0.2) is 26.2 Å². The summed E-state index contributed by atoms with van der Waals surface area (Å²) in [6.07, 6.45) is 0. The summed E-state index contributed by atoms with van der Waals surface area (Å²) in [5, 5.41) is 3.32. The third-order valence-corrected chi connectivity index (χ3v) is 3.20. The number of carbonyl (C=O) groups excluding carboxylic acids is 1. The van der Waals surface area contributed by atoms with Crippen molar-refractivity contribution in [2.24, 2.45) is 5.41 Å². The summed E-state index contributed by atoms with van der Waals surface area (Å²) in [5.74, 6) is -0.201. The van der Waals surface area contributed by atoms with Crippen LogP contribution in [-0.2, 0) is 27.4 Å². The molecule has 0 aliphatic carbocycles. The van der Waals surface area contributed by atoms with Gasteiger partial charge in [0, 0.05) is 19.7 Å². The first-order valence-electron chi connectivity index (χ1n) is 6.95. The molecule has 112 valence electrons. The average molecular weight is 279 g/mol. The van der Waals surface area contributed by atoms with Crippen molar-refractivity contribution in [1.29, 1.82) is 0 Å². The molecule has 0 unspecified atom stereocenters. The van der Waals surface area contributed by atoms with Crippen molar-refractivity contribution in [3.8, 4) is 0 Å². The number of methoxy groups -OCH3 is 1. The van der Waals surface area contributed by atoms with Gasteiger partial charge in [-0.1, -0.05) is 24.3 Å². The molecule has 0 fully saturated rings. The highest BCUT2D eigenvalue weighted by Gasteiger charge is 2.28. The molecule has 20 heavy (non-hydrogen) atoms. The van der Waals surface area contributed by atoms with Crippen molar-refractivity contribution in [3.63, 3.8) is 0 Å². The van der Waals surface area contributed by atoms with Crippen LogP contribution >= 0.6 is 0 Å². The monoisotopic (exact) mass is 279 g/mol. The molecule has 0 aromatic heterocycles. The molecule has 1 aromatic carbocycles. The SMILES string of the molecule is CCOCc1ccccc1CNCC(C)(C)C(=O)OC. The Balaban J connectivity index is 2.55. The van der Waals surface area contributed by atoms with Gasteiger partial charge in [0.2, 0.25) is 0 Å². The molecule has 0 atom stereocenters. The van der Waals surface area contributed by atoms with E-state index in [1.807, 2.05) is 32.9 Å². The smallest absolute Gasteiger partial charge is 0.312 e. The minimum atomic E-state index is -0.524. The molecule has 0 saturated heterocycles. The van der Waals surface area contributed by atoms with Gasteiger partial charge in [-0.05, 0) is 31.9 Å². The van der Waals surface area contributed by atoms with E-state index in [0.717, 1.165) is 0 Å². The lowest BCUT2D eigenvalue weighted by molar-refractivity contribution is -0.150. The van der Waals surface area contributed by atoms with E-state index in [4.69, 9.17) is 9.47 Å². The van der Waals surface area contributed by atoms with Gasteiger partial charge in [-0.3, -0.25) is 4.79 Å². The fraction of sp³-hybridized carbons (Fsp3) is 0.562. The fourth-order valence-corrected chi connectivity index (χ4v) is 1.94. The van der Waals surface area contributed by atoms with Gasteiger partial charge in [0.15, 0.2) is 0 Å². The highest BCUT2D eigenvalue weighted by atomic mass is 16.5. The Kier molecular flexibility index (Phi) is 6.68. The van der Waals surface area contributed by atoms with Gasteiger partial charge in [-0.25, -0.2) is 0 Å². The van der Waals surface area contributed by atoms with Crippen LogP contribution in [0.2, 0.25) is 0 Å². The molecular formula is C16H25NO3. The van der Waals surface area contributed by atoms with Gasteiger partial charge in [0.05, 0.1) is 19.1 Å². The molecule has 0 aliphatic rings. The van der Waals surface area contributed by atoms with Crippen molar-refractivity contribution >= 4 is 5.97 Å². The number of rotatable bonds is 8. The van der Waals surface area contributed by atoms with Crippen LogP contribution < -0.4 is 5.32 Å². The van der Waals surface area contributed by atoms with Crippen LogP contribution in [0.1, 0.15) is 31.9 Å². The largest absolute Gasteiger partial charge is 0.469 e. The summed E-state index contributed by atoms with van der Waals surface area (Å²) in [6.45, 7) is 8.34. The number of nitrogens with one attached hydrogen (secondary N) is 1. The summed E-state index contributed by atoms with van der Waals surface area (Å²) in [4.78, 5) is 11.6. The second-order valence-corrected chi connectivity index (χ2v) is 5.38. The van der Waals surface area contributed by atoms with Crippen molar-refractivity contribution in [2.75, 3.05) is 20.3 Å². The maximum absolute atomic E-state index is 11.6. The Hall–Kier alpha value is -1.39. The second-order valence-electron chi connectivity index (χ2n) is 5.38. The number of benzene rings is 1. The first-order valence-corrected chi connectivity index (χ1v) is 6.95. The topological polar surface area (TPSA) is 47.6 Å². The first kappa shape index (κ1) is 16.7. The third-order valence-electron chi connectivity index (χ3n) is 3.20. The lowest BCUT2D eigenvalue weighted by Crippen LogP contribution is -2.36. The molecule has 0 radical (unpaired) electrons. The lowest BCUT2D eigenvalue weighted by atomic mass is 9.93. The van der Waals surface area contributed by atoms with Crippen molar-refractivity contribution in [2.45, 2.75) is 33.9 Å². The molecule has 1 rings (SSSR count). The predicted octanol–water partition coefficient (Wildman–Crippen LogP) is 2.51. The molecule has 0 amide bonds. The molecule has 1 aromatic rings. The van der Waals surface area contributed by atoms with Crippen molar-refractivity contribution < 1.29 is 14.3 Å². The van der Waals surface area contributed by atoms with Crippen LogP contribution in [0.3, 0.4) is 0 Å². The second kappa shape index (κ2) is 8.02. The number of ether oxygens (including phenoxy) is 2. The maximum atomic E-state index is 11.6. The number of hydrogen-bond acceptors (Lipinski definition) is 4. The molecule has 4 heteroatoms. The molecule has 4 nitrogen and oxygen atoms in total. The van der Waals surface area contributed by atoms with Crippen LogP contribution in [0.25, 0.3) is 0 Å². The first-order chi connectivity index (χ1) is 9.51. The molecule has 0 aliphatic heterocycles. The zero-order chi connectivity index (χ0) is 15.0. The minimum absolute atomic E-state index is 0.201. The molecule has 0 spiro atoms. The van der Waals surface area contributed by atoms with E-state index >= 15 is 0 Å². The van der Waals surface area contributed by atoms with Gasteiger partial charge >= 0.3 is 5.97 Å². The molecular weight excluding hydrogens is 254 g/mol. The van der Waals surface area contributed by atoms with Gasteiger partial charge in [0.25, 0.3) is 0 Å². The van der Waals surface area contributed by atoms with E-state index in [9.17, 15) is 4.79 Å². The molecule has 0 heterocycles. The van der Waals surface area contributed by atoms with Crippen LogP contribution in [0.15, 0.2) is 24.3 Å². The van der Waals surface area contributed by atoms with Gasteiger partial charge in [0.1, 0.15) is 0 Å². The highest BCUT2D eigenvalue weighted by Crippen LogP contribution is 2.16. The Labute approximate surface area is 121 Å². The van der Waals surface area contributed by atoms with E-state index in [2.05, 4.69) is 17.4 Å². The lowest BCUT2D eigenvalue weighted by Gasteiger charge is -2.22. The Morgan fingerprint density at radius 2 is 1.90 bits per heavy atom. The summed E-state index contributed by atoms with van der Waals surface area (Å²) < 4.78 is 10.3. The average Bonchev–Trinajstić information content (AvgIpc) is 2.45. The predicted molar refractivity (Wildman–Crippen MR) is 79.3 cm³/mol. The van der Waals surface area contributed by atoms with Gasteiger partial charge in [-0.15, -0.1) is 0 Å². The summed E-state index contributed by atoms with van der Waals surface area (Å²) in [5.41, 5.74) is 1.85. The number of esters is 1. The summed E-state index contributed by atoms with van der Waals surface area (Å²) in [6, 6.07) is 8.17. The van der Waals surface area contributed by atoms with Crippen LogP contribution in [0, 0.1) is 5.41 Å². The van der Waals surface area contributed by atoms with E-state index in [-0.39, 0.29) is 5.97 Å². The Morgan fingerprint density at radius 1 is 1.25 bits per heavy atom. The van der Waals surface area contributed by atoms with E-state index in [0.29, 0.717) is 26.3 Å². The zero-order valence-electron chi connectivity index (χ0n) is 12.9. The van der Waals surface area contributed by atoms with Gasteiger partial charge < -0.3 is 14.8 Å². The zero-order valence-corrected chi connectivity index (χ0v) is 12.9. The quantitative estimate of drug-likeness (QED) is 0.743. The third kappa shape index (κ3) is 4.94. The summed E-state index contributed by atoms with van der Waals surface area (Å²) >= 11 is 0. The summed E-state index contributed by atoms with van der Waals surface area (Å²) in [7, 11) is 1.42. The molecule has 1 N–H and O–H groups in total. The standard InChI is InChI=1S/C16H25NO3/c1-5-20-11-14-9-7-6-8-13(14)10-17-12-16(2,3)15(18)19-4/h6-9,17H,5,10-12H2,1-4H3. The number of carbonyl (C=O) groups is 1. The Morgan fingerprint density at radius 3 is 2.50 bits per heavy atom. The molecule has 0 saturated carbocycles. The van der Waals surface area contributed by atoms with Crippen LogP contribution in [0.4, 0.5) is 0 Å². The number of hydrogen-bond donors (Lipinski definition) is 1. The fourth-order valence-electron chi connectivity index (χ4n) is 1.94. The van der Waals surface area contributed by atoms with E-state index in [1.165, 1.54) is 18.2 Å². The van der Waals surface area contributed by atoms with E-state index < -0.39 is 5.41 Å². The van der Waals surface area contributed by atoms with E-state index in [1.54, 1.807) is 0 Å². The maximum Gasteiger partial charge on any atom is 0.312 e. The minimum Gasteiger partial charge on any atom is -0.469 e. The Bertz CT molecular complexity index is 429. The normalized spacial score (nSPS) is 11.4. The van der Waals surface area contributed by atoms with Crippen molar-refractivity contribution in [3.05, 3.63) is 35.4 Å². The highest BCUT2D eigenvalue weighted by molar-refractivity contribution is 5.76. The molecule has 0 bridgehead atoms.